The number of thiophene rings is 1. The lowest BCUT2D eigenvalue weighted by Gasteiger charge is -2.16. The Balaban J connectivity index is 2.12. The highest BCUT2D eigenvalue weighted by Gasteiger charge is 2.18. The topological polar surface area (TPSA) is 63.5 Å². The number of nitrogens with zero attached hydrogens (tertiary/aromatic N) is 2. The Morgan fingerprint density at radius 3 is 2.65 bits per heavy atom. The standard InChI is InChI=1S/C13H11ClN2O3S/c1-15(8-9-4-2-3-5-10(9)14)13(17)11-6-7-12(20-11)16(18)19/h2-7H,8H2,1H3. The summed E-state index contributed by atoms with van der Waals surface area (Å²) in [4.78, 5) is 24.1. The molecule has 5 nitrogen and oxygen atoms in total. The van der Waals surface area contributed by atoms with Crippen LogP contribution in [0.15, 0.2) is 36.4 Å². The highest BCUT2D eigenvalue weighted by molar-refractivity contribution is 7.17. The summed E-state index contributed by atoms with van der Waals surface area (Å²) in [5.74, 6) is -0.261. The van der Waals surface area contributed by atoms with Crippen molar-refractivity contribution in [1.82, 2.24) is 4.90 Å². The van der Waals surface area contributed by atoms with Gasteiger partial charge < -0.3 is 4.90 Å². The van der Waals surface area contributed by atoms with Gasteiger partial charge in [0.25, 0.3) is 5.91 Å². The van der Waals surface area contributed by atoms with Gasteiger partial charge in [0.05, 0.1) is 9.80 Å². The molecule has 20 heavy (non-hydrogen) atoms. The molecule has 0 aliphatic heterocycles. The van der Waals surface area contributed by atoms with E-state index in [0.717, 1.165) is 16.9 Å². The van der Waals surface area contributed by atoms with Crippen molar-refractivity contribution in [2.45, 2.75) is 6.54 Å². The van der Waals surface area contributed by atoms with Gasteiger partial charge in [0.1, 0.15) is 0 Å². The van der Waals surface area contributed by atoms with Crippen molar-refractivity contribution in [2.24, 2.45) is 0 Å². The molecule has 1 aromatic carbocycles. The van der Waals surface area contributed by atoms with Gasteiger partial charge in [-0.1, -0.05) is 41.1 Å². The van der Waals surface area contributed by atoms with Crippen LogP contribution in [0.5, 0.6) is 0 Å². The summed E-state index contributed by atoms with van der Waals surface area (Å²) in [6, 6.07) is 10.1. The molecule has 0 saturated heterocycles. The molecule has 2 rings (SSSR count). The molecule has 2 aromatic rings. The zero-order valence-electron chi connectivity index (χ0n) is 10.6. The molecule has 0 bridgehead atoms. The second kappa shape index (κ2) is 6.02. The van der Waals surface area contributed by atoms with Crippen LogP contribution in [0.4, 0.5) is 5.00 Å². The molecule has 1 aromatic heterocycles. The first-order valence-electron chi connectivity index (χ1n) is 5.72. The summed E-state index contributed by atoms with van der Waals surface area (Å²) in [6.07, 6.45) is 0. The maximum absolute atomic E-state index is 12.2. The van der Waals surface area contributed by atoms with Gasteiger partial charge in [-0.3, -0.25) is 14.9 Å². The van der Waals surface area contributed by atoms with Crippen LogP contribution in [0, 0.1) is 10.1 Å². The van der Waals surface area contributed by atoms with Crippen LogP contribution in [0.2, 0.25) is 5.02 Å². The molecule has 0 fully saturated rings. The predicted octanol–water partition coefficient (Wildman–Crippen LogP) is 3.58. The molecule has 1 heterocycles. The van der Waals surface area contributed by atoms with Crippen molar-refractivity contribution < 1.29 is 9.72 Å². The first-order valence-corrected chi connectivity index (χ1v) is 6.91. The highest BCUT2D eigenvalue weighted by Crippen LogP contribution is 2.25. The van der Waals surface area contributed by atoms with Gasteiger partial charge in [-0.05, 0) is 17.7 Å². The number of hydrogen-bond donors (Lipinski definition) is 0. The van der Waals surface area contributed by atoms with E-state index in [9.17, 15) is 14.9 Å². The molecule has 0 unspecified atom stereocenters. The van der Waals surface area contributed by atoms with Crippen molar-refractivity contribution in [3.05, 3.63) is 62.0 Å². The average molecular weight is 311 g/mol. The van der Waals surface area contributed by atoms with Crippen LogP contribution < -0.4 is 0 Å². The van der Waals surface area contributed by atoms with Crippen molar-refractivity contribution in [1.29, 1.82) is 0 Å². The molecular weight excluding hydrogens is 300 g/mol. The summed E-state index contributed by atoms with van der Waals surface area (Å²) in [7, 11) is 1.64. The van der Waals surface area contributed by atoms with Crippen LogP contribution in [0.3, 0.4) is 0 Å². The fraction of sp³-hybridized carbons (Fsp3) is 0.154. The smallest absolute Gasteiger partial charge is 0.324 e. The fourth-order valence-corrected chi connectivity index (χ4v) is 2.69. The monoisotopic (exact) mass is 310 g/mol. The van der Waals surface area contributed by atoms with Crippen molar-refractivity contribution in [2.75, 3.05) is 7.05 Å². The molecule has 0 aliphatic rings. The van der Waals surface area contributed by atoms with Gasteiger partial charge in [0.2, 0.25) is 0 Å². The van der Waals surface area contributed by atoms with Gasteiger partial charge in [0.15, 0.2) is 0 Å². The Bertz CT molecular complexity index is 657. The predicted molar refractivity (Wildman–Crippen MR) is 78.2 cm³/mol. The molecule has 0 spiro atoms. The first kappa shape index (κ1) is 14.5. The van der Waals surface area contributed by atoms with E-state index in [0.29, 0.717) is 16.4 Å². The van der Waals surface area contributed by atoms with Gasteiger partial charge in [-0.25, -0.2) is 0 Å². The Labute approximate surface area is 124 Å². The number of halogens is 1. The number of carbonyl (C=O) groups is 1. The Hall–Kier alpha value is -1.92. The minimum absolute atomic E-state index is 0.0421. The summed E-state index contributed by atoms with van der Waals surface area (Å²) in [5, 5.41) is 11.2. The normalized spacial score (nSPS) is 10.3. The Kier molecular flexibility index (Phi) is 4.36. The minimum atomic E-state index is -0.504. The summed E-state index contributed by atoms with van der Waals surface area (Å²) in [5.41, 5.74) is 0.830. The number of benzene rings is 1. The van der Waals surface area contributed by atoms with E-state index in [1.807, 2.05) is 18.2 Å². The number of carbonyl (C=O) groups excluding carboxylic acids is 1. The zero-order chi connectivity index (χ0) is 14.7. The average Bonchev–Trinajstić information content (AvgIpc) is 2.90. The number of hydrogen-bond acceptors (Lipinski definition) is 4. The Morgan fingerprint density at radius 2 is 2.05 bits per heavy atom. The van der Waals surface area contributed by atoms with Crippen LogP contribution in [0.25, 0.3) is 0 Å². The largest absolute Gasteiger partial charge is 0.337 e. The van der Waals surface area contributed by atoms with Gasteiger partial charge in [-0.15, -0.1) is 0 Å². The van der Waals surface area contributed by atoms with E-state index < -0.39 is 4.92 Å². The molecule has 0 aliphatic carbocycles. The van der Waals surface area contributed by atoms with E-state index in [1.54, 1.807) is 13.1 Å². The third kappa shape index (κ3) is 3.15. The summed E-state index contributed by atoms with van der Waals surface area (Å²) >= 11 is 6.91. The SMILES string of the molecule is CN(Cc1ccccc1Cl)C(=O)c1ccc([N+](=O)[O-])s1. The number of nitro groups is 1. The first-order chi connectivity index (χ1) is 9.49. The van der Waals surface area contributed by atoms with Crippen LogP contribution >= 0.6 is 22.9 Å². The molecule has 0 atom stereocenters. The molecule has 0 N–H and O–H groups in total. The van der Waals surface area contributed by atoms with Crippen molar-refractivity contribution in [3.8, 4) is 0 Å². The van der Waals surface area contributed by atoms with E-state index >= 15 is 0 Å². The lowest BCUT2D eigenvalue weighted by Crippen LogP contribution is -2.25. The molecular formula is C13H11ClN2O3S. The van der Waals surface area contributed by atoms with Crippen molar-refractivity contribution >= 4 is 33.8 Å². The third-order valence-electron chi connectivity index (χ3n) is 2.69. The molecule has 1 amide bonds. The second-order valence-corrected chi connectivity index (χ2v) is 5.62. The lowest BCUT2D eigenvalue weighted by atomic mass is 10.2. The van der Waals surface area contributed by atoms with Crippen molar-refractivity contribution in [3.63, 3.8) is 0 Å². The van der Waals surface area contributed by atoms with Gasteiger partial charge in [0, 0.05) is 24.7 Å². The van der Waals surface area contributed by atoms with Gasteiger partial charge >= 0.3 is 5.00 Å². The van der Waals surface area contributed by atoms with E-state index in [1.165, 1.54) is 17.0 Å². The Morgan fingerprint density at radius 1 is 1.35 bits per heavy atom. The molecule has 0 saturated carbocycles. The maximum Gasteiger partial charge on any atom is 0.324 e. The number of amides is 1. The fourth-order valence-electron chi connectivity index (χ4n) is 1.68. The minimum Gasteiger partial charge on any atom is -0.337 e. The van der Waals surface area contributed by atoms with Gasteiger partial charge in [-0.2, -0.15) is 0 Å². The third-order valence-corrected chi connectivity index (χ3v) is 4.09. The quantitative estimate of drug-likeness (QED) is 0.640. The highest BCUT2D eigenvalue weighted by atomic mass is 35.5. The molecule has 7 heteroatoms. The van der Waals surface area contributed by atoms with Crippen LogP contribution in [0.1, 0.15) is 15.2 Å². The van der Waals surface area contributed by atoms with Crippen LogP contribution in [-0.2, 0) is 6.54 Å². The van der Waals surface area contributed by atoms with E-state index in [-0.39, 0.29) is 10.9 Å². The molecule has 104 valence electrons. The van der Waals surface area contributed by atoms with E-state index in [4.69, 9.17) is 11.6 Å². The summed E-state index contributed by atoms with van der Waals surface area (Å²) < 4.78 is 0. The summed E-state index contributed by atoms with van der Waals surface area (Å²) in [6.45, 7) is 0.351. The molecule has 0 radical (unpaired) electrons. The number of rotatable bonds is 4. The second-order valence-electron chi connectivity index (χ2n) is 4.15. The van der Waals surface area contributed by atoms with Crippen LogP contribution in [-0.4, -0.2) is 22.8 Å². The maximum atomic E-state index is 12.2. The van der Waals surface area contributed by atoms with E-state index in [2.05, 4.69) is 0 Å². The lowest BCUT2D eigenvalue weighted by molar-refractivity contribution is -0.380. The zero-order valence-corrected chi connectivity index (χ0v) is 12.1.